The number of thiazole rings is 1. The van der Waals surface area contributed by atoms with E-state index in [0.29, 0.717) is 17.3 Å². The number of nitrogens with zero attached hydrogens (tertiary/aromatic N) is 1. The Morgan fingerprint density at radius 2 is 2.24 bits per heavy atom. The van der Waals surface area contributed by atoms with E-state index in [1.165, 1.54) is 0 Å². The fraction of sp³-hybridized carbons (Fsp3) is 0.333. The average Bonchev–Trinajstić information content (AvgIpc) is 2.87. The Labute approximate surface area is 133 Å². The van der Waals surface area contributed by atoms with Crippen molar-refractivity contribution in [1.29, 1.82) is 0 Å². The van der Waals surface area contributed by atoms with Crippen LogP contribution in [0, 0.1) is 6.92 Å². The van der Waals surface area contributed by atoms with Gasteiger partial charge in [-0.15, -0.1) is 11.3 Å². The first-order valence-corrected chi connectivity index (χ1v) is 7.92. The van der Waals surface area contributed by atoms with Crippen molar-refractivity contribution in [2.24, 2.45) is 0 Å². The number of ether oxygens (including phenoxy) is 1. The highest BCUT2D eigenvalue weighted by Gasteiger charge is 2.15. The van der Waals surface area contributed by atoms with Crippen LogP contribution >= 0.6 is 22.9 Å². The number of aromatic nitrogens is 1. The smallest absolute Gasteiger partial charge is 0.260 e. The maximum Gasteiger partial charge on any atom is 0.260 e. The Balaban J connectivity index is 1.79. The largest absolute Gasteiger partial charge is 0.479 e. The van der Waals surface area contributed by atoms with Gasteiger partial charge in [-0.25, -0.2) is 4.98 Å². The van der Waals surface area contributed by atoms with Gasteiger partial charge in [0.2, 0.25) is 0 Å². The van der Waals surface area contributed by atoms with Crippen LogP contribution in [0.25, 0.3) is 0 Å². The molecule has 0 radical (unpaired) electrons. The topological polar surface area (TPSA) is 51.2 Å². The van der Waals surface area contributed by atoms with Gasteiger partial charge < -0.3 is 10.1 Å². The molecule has 0 saturated heterocycles. The van der Waals surface area contributed by atoms with Crippen molar-refractivity contribution in [1.82, 2.24) is 10.3 Å². The van der Waals surface area contributed by atoms with Gasteiger partial charge in [-0.05, 0) is 26.0 Å². The molecular formula is C15H17ClN2O2S. The molecule has 1 aromatic heterocycles. The molecule has 0 saturated carbocycles. The van der Waals surface area contributed by atoms with E-state index >= 15 is 0 Å². The maximum absolute atomic E-state index is 12.0. The Morgan fingerprint density at radius 1 is 1.48 bits per heavy atom. The van der Waals surface area contributed by atoms with Crippen LogP contribution < -0.4 is 10.1 Å². The SMILES string of the molecule is Cc1nc(CCNC(=O)C(C)Oc2ccccc2Cl)cs1. The summed E-state index contributed by atoms with van der Waals surface area (Å²) in [6.07, 6.45) is 0.122. The molecule has 0 aliphatic heterocycles. The summed E-state index contributed by atoms with van der Waals surface area (Å²) in [6, 6.07) is 7.10. The molecule has 0 aliphatic rings. The third-order valence-electron chi connectivity index (χ3n) is 2.86. The number of carbonyl (C=O) groups is 1. The number of amides is 1. The van der Waals surface area contributed by atoms with Gasteiger partial charge in [0.25, 0.3) is 5.91 Å². The van der Waals surface area contributed by atoms with Crippen molar-refractivity contribution < 1.29 is 9.53 Å². The first-order chi connectivity index (χ1) is 10.1. The number of aryl methyl sites for hydroxylation is 1. The standard InChI is InChI=1S/C15H17ClN2O2S/c1-10(20-14-6-4-3-5-13(14)16)15(19)17-8-7-12-9-21-11(2)18-12/h3-6,9-10H,7-8H2,1-2H3,(H,17,19). The molecule has 112 valence electrons. The molecule has 1 unspecified atom stereocenters. The molecule has 0 bridgehead atoms. The second kappa shape index (κ2) is 7.43. The molecular weight excluding hydrogens is 308 g/mol. The summed E-state index contributed by atoms with van der Waals surface area (Å²) in [5, 5.41) is 6.37. The predicted molar refractivity (Wildman–Crippen MR) is 85.1 cm³/mol. The zero-order chi connectivity index (χ0) is 15.2. The monoisotopic (exact) mass is 324 g/mol. The minimum absolute atomic E-state index is 0.165. The van der Waals surface area contributed by atoms with Crippen molar-refractivity contribution in [3.63, 3.8) is 0 Å². The molecule has 0 spiro atoms. The van der Waals surface area contributed by atoms with Crippen molar-refractivity contribution in [2.45, 2.75) is 26.4 Å². The second-order valence-corrected chi connectivity index (χ2v) is 6.06. The molecule has 2 aromatic rings. The maximum atomic E-state index is 12.0. The van der Waals surface area contributed by atoms with Gasteiger partial charge in [-0.1, -0.05) is 23.7 Å². The quantitative estimate of drug-likeness (QED) is 0.887. The van der Waals surface area contributed by atoms with E-state index in [9.17, 15) is 4.79 Å². The summed E-state index contributed by atoms with van der Waals surface area (Å²) in [5.41, 5.74) is 0.998. The highest BCUT2D eigenvalue weighted by atomic mass is 35.5. The van der Waals surface area contributed by atoms with E-state index < -0.39 is 6.10 Å². The van der Waals surface area contributed by atoms with E-state index in [1.54, 1.807) is 30.4 Å². The van der Waals surface area contributed by atoms with Gasteiger partial charge >= 0.3 is 0 Å². The first kappa shape index (κ1) is 15.8. The van der Waals surface area contributed by atoms with Crippen molar-refractivity contribution in [3.8, 4) is 5.75 Å². The Morgan fingerprint density at radius 3 is 2.90 bits per heavy atom. The lowest BCUT2D eigenvalue weighted by Crippen LogP contribution is -2.37. The van der Waals surface area contributed by atoms with Gasteiger partial charge in [0.1, 0.15) is 5.75 Å². The second-order valence-electron chi connectivity index (χ2n) is 4.59. The van der Waals surface area contributed by atoms with Crippen molar-refractivity contribution >= 4 is 28.8 Å². The molecule has 0 aliphatic carbocycles. The van der Waals surface area contributed by atoms with E-state index in [2.05, 4.69) is 10.3 Å². The molecule has 1 amide bonds. The van der Waals surface area contributed by atoms with Crippen LogP contribution in [0.5, 0.6) is 5.75 Å². The van der Waals surface area contributed by atoms with Crippen molar-refractivity contribution in [2.75, 3.05) is 6.54 Å². The number of hydrogen-bond acceptors (Lipinski definition) is 4. The van der Waals surface area contributed by atoms with Crippen LogP contribution in [0.1, 0.15) is 17.6 Å². The number of rotatable bonds is 6. The van der Waals surface area contributed by atoms with Gasteiger partial charge in [0, 0.05) is 18.3 Å². The number of benzene rings is 1. The summed E-state index contributed by atoms with van der Waals surface area (Å²) in [4.78, 5) is 16.3. The van der Waals surface area contributed by atoms with Gasteiger partial charge in [0.05, 0.1) is 15.7 Å². The Bertz CT molecular complexity index is 615. The lowest BCUT2D eigenvalue weighted by molar-refractivity contribution is -0.127. The number of carbonyl (C=O) groups excluding carboxylic acids is 1. The predicted octanol–water partition coefficient (Wildman–Crippen LogP) is 3.23. The molecule has 0 fully saturated rings. The van der Waals surface area contributed by atoms with E-state index in [1.807, 2.05) is 24.4 Å². The number of hydrogen-bond donors (Lipinski definition) is 1. The van der Waals surface area contributed by atoms with Crippen LogP contribution in [-0.4, -0.2) is 23.5 Å². The molecule has 21 heavy (non-hydrogen) atoms. The van der Waals surface area contributed by atoms with Gasteiger partial charge in [0.15, 0.2) is 6.10 Å². The molecule has 1 atom stereocenters. The lowest BCUT2D eigenvalue weighted by Gasteiger charge is -2.15. The number of nitrogens with one attached hydrogen (secondary N) is 1. The van der Waals surface area contributed by atoms with Crippen molar-refractivity contribution in [3.05, 3.63) is 45.4 Å². The highest BCUT2D eigenvalue weighted by Crippen LogP contribution is 2.24. The highest BCUT2D eigenvalue weighted by molar-refractivity contribution is 7.09. The van der Waals surface area contributed by atoms with E-state index in [0.717, 1.165) is 17.1 Å². The zero-order valence-electron chi connectivity index (χ0n) is 11.9. The van der Waals surface area contributed by atoms with E-state index in [4.69, 9.17) is 16.3 Å². The fourth-order valence-corrected chi connectivity index (χ4v) is 2.59. The van der Waals surface area contributed by atoms with Gasteiger partial charge in [-0.3, -0.25) is 4.79 Å². The lowest BCUT2D eigenvalue weighted by atomic mass is 10.3. The van der Waals surface area contributed by atoms with Crippen LogP contribution in [-0.2, 0) is 11.2 Å². The molecule has 1 N–H and O–H groups in total. The normalized spacial score (nSPS) is 12.0. The molecule has 4 nitrogen and oxygen atoms in total. The van der Waals surface area contributed by atoms with Gasteiger partial charge in [-0.2, -0.15) is 0 Å². The van der Waals surface area contributed by atoms with E-state index in [-0.39, 0.29) is 5.91 Å². The molecule has 1 aromatic carbocycles. The average molecular weight is 325 g/mol. The van der Waals surface area contributed by atoms with Crippen LogP contribution in [0.3, 0.4) is 0 Å². The summed E-state index contributed by atoms with van der Waals surface area (Å²) < 4.78 is 5.56. The summed E-state index contributed by atoms with van der Waals surface area (Å²) in [5.74, 6) is 0.346. The first-order valence-electron chi connectivity index (χ1n) is 6.66. The minimum atomic E-state index is -0.595. The zero-order valence-corrected chi connectivity index (χ0v) is 13.5. The molecule has 6 heteroatoms. The summed E-state index contributed by atoms with van der Waals surface area (Å²) in [6.45, 7) is 4.20. The Hall–Kier alpha value is -1.59. The Kier molecular flexibility index (Phi) is 5.59. The van der Waals surface area contributed by atoms with Crippen LogP contribution in [0.15, 0.2) is 29.6 Å². The fourth-order valence-electron chi connectivity index (χ4n) is 1.76. The number of para-hydroxylation sites is 1. The summed E-state index contributed by atoms with van der Waals surface area (Å²) in [7, 11) is 0. The minimum Gasteiger partial charge on any atom is -0.479 e. The third-order valence-corrected chi connectivity index (χ3v) is 3.99. The number of halogens is 1. The molecule has 1 heterocycles. The summed E-state index contributed by atoms with van der Waals surface area (Å²) >= 11 is 7.61. The third kappa shape index (κ3) is 4.72. The van der Waals surface area contributed by atoms with Crippen LogP contribution in [0.4, 0.5) is 0 Å². The van der Waals surface area contributed by atoms with Crippen LogP contribution in [0.2, 0.25) is 5.02 Å². The molecule has 2 rings (SSSR count).